The number of hydrogen-bond acceptors (Lipinski definition) is 2. The molecule has 0 aromatic carbocycles. The molecule has 2 nitrogen and oxygen atoms in total. The fourth-order valence-electron chi connectivity index (χ4n) is 5.07. The predicted octanol–water partition coefficient (Wildman–Crippen LogP) is 2.83. The molecular weight excluding hydrogens is 262 g/mol. The summed E-state index contributed by atoms with van der Waals surface area (Å²) in [7, 11) is 5.55. The molecule has 113 valence electrons. The third kappa shape index (κ3) is 2.81. The number of fused-ring (bicyclic) bond motifs is 2. The zero-order valence-electron chi connectivity index (χ0n) is 13.6. The predicted molar refractivity (Wildman–Crippen MR) is 93.0 cm³/mol. The van der Waals surface area contributed by atoms with E-state index in [1.54, 1.807) is 0 Å². The molecule has 20 heavy (non-hydrogen) atoms. The van der Waals surface area contributed by atoms with Crippen LogP contribution in [0, 0.1) is 23.7 Å². The zero-order chi connectivity index (χ0) is 15.1. The Labute approximate surface area is 128 Å². The summed E-state index contributed by atoms with van der Waals surface area (Å²) in [6, 6.07) is 0. The van der Waals surface area contributed by atoms with E-state index in [0.717, 1.165) is 24.0 Å². The van der Waals surface area contributed by atoms with Gasteiger partial charge in [0.1, 0.15) is 7.28 Å². The van der Waals surface area contributed by atoms with Crippen molar-refractivity contribution in [2.45, 2.75) is 57.6 Å². The van der Waals surface area contributed by atoms with Crippen LogP contribution in [0.4, 0.5) is 0 Å². The SMILES string of the molecule is C=C(C)NC[B]C[C@@H]1CC2CC(C)C(C2(C)N)[C@]1(C)P. The van der Waals surface area contributed by atoms with Crippen molar-refractivity contribution < 1.29 is 0 Å². The van der Waals surface area contributed by atoms with E-state index in [1.807, 2.05) is 6.92 Å². The van der Waals surface area contributed by atoms with E-state index in [-0.39, 0.29) is 10.7 Å². The van der Waals surface area contributed by atoms with Gasteiger partial charge in [-0.05, 0) is 67.7 Å². The Balaban J connectivity index is 2.01. The Morgan fingerprint density at radius 3 is 2.70 bits per heavy atom. The van der Waals surface area contributed by atoms with Crippen molar-refractivity contribution >= 4 is 16.5 Å². The third-order valence-corrected chi connectivity index (χ3v) is 6.72. The van der Waals surface area contributed by atoms with Crippen molar-refractivity contribution in [3.63, 3.8) is 0 Å². The van der Waals surface area contributed by atoms with Gasteiger partial charge in [-0.15, -0.1) is 9.24 Å². The van der Waals surface area contributed by atoms with Gasteiger partial charge in [0.15, 0.2) is 0 Å². The summed E-state index contributed by atoms with van der Waals surface area (Å²) in [5.74, 6) is 2.79. The maximum atomic E-state index is 6.70. The molecule has 2 rings (SSSR count). The minimum atomic E-state index is 0.0162. The van der Waals surface area contributed by atoms with Gasteiger partial charge in [-0.2, -0.15) is 0 Å². The summed E-state index contributed by atoms with van der Waals surface area (Å²) in [4.78, 5) is 0. The van der Waals surface area contributed by atoms with Gasteiger partial charge in [0.2, 0.25) is 0 Å². The molecule has 0 aromatic heterocycles. The second-order valence-corrected chi connectivity index (χ2v) is 8.98. The molecule has 2 bridgehead atoms. The summed E-state index contributed by atoms with van der Waals surface area (Å²) in [5, 5.41) is 3.55. The molecule has 0 spiro atoms. The van der Waals surface area contributed by atoms with Gasteiger partial charge in [0, 0.05) is 5.54 Å². The van der Waals surface area contributed by atoms with E-state index in [2.05, 4.69) is 49.2 Å². The van der Waals surface area contributed by atoms with Crippen LogP contribution in [0.15, 0.2) is 12.3 Å². The maximum absolute atomic E-state index is 6.70. The fourth-order valence-corrected chi connectivity index (χ4v) is 6.03. The minimum Gasteiger partial charge on any atom is -0.397 e. The molecule has 0 aromatic rings. The van der Waals surface area contributed by atoms with E-state index in [1.165, 1.54) is 19.2 Å². The van der Waals surface area contributed by atoms with Crippen LogP contribution in [-0.4, -0.2) is 24.4 Å². The Morgan fingerprint density at radius 1 is 1.45 bits per heavy atom. The van der Waals surface area contributed by atoms with Crippen LogP contribution in [0.3, 0.4) is 0 Å². The molecule has 0 aliphatic heterocycles. The molecule has 4 heteroatoms. The Bertz CT molecular complexity index is 381. The highest BCUT2D eigenvalue weighted by Crippen LogP contribution is 2.61. The summed E-state index contributed by atoms with van der Waals surface area (Å²) in [6.07, 6.45) is 4.69. The van der Waals surface area contributed by atoms with Crippen molar-refractivity contribution in [1.29, 1.82) is 0 Å². The summed E-state index contributed by atoms with van der Waals surface area (Å²) >= 11 is 0. The fraction of sp³-hybridized carbons (Fsp3) is 0.875. The van der Waals surface area contributed by atoms with Crippen LogP contribution < -0.4 is 11.1 Å². The van der Waals surface area contributed by atoms with E-state index in [9.17, 15) is 0 Å². The van der Waals surface area contributed by atoms with Gasteiger partial charge in [0.05, 0.1) is 0 Å². The van der Waals surface area contributed by atoms with Crippen molar-refractivity contribution in [3.8, 4) is 0 Å². The Hall–Kier alpha value is -0.00506. The molecule has 2 saturated carbocycles. The number of allylic oxidation sites excluding steroid dienone is 1. The molecule has 7 atom stereocenters. The first-order valence-corrected chi connectivity index (χ1v) is 8.53. The Morgan fingerprint density at radius 2 is 2.10 bits per heavy atom. The third-order valence-electron chi connectivity index (χ3n) is 5.89. The monoisotopic (exact) mass is 293 g/mol. The number of rotatable bonds is 5. The van der Waals surface area contributed by atoms with Gasteiger partial charge in [0.25, 0.3) is 0 Å². The van der Waals surface area contributed by atoms with Gasteiger partial charge in [-0.1, -0.05) is 26.7 Å². The second-order valence-electron chi connectivity index (χ2n) is 7.74. The lowest BCUT2D eigenvalue weighted by atomic mass is 9.56. The lowest BCUT2D eigenvalue weighted by Crippen LogP contribution is -2.60. The smallest absolute Gasteiger partial charge is 0.136 e. The number of nitrogens with two attached hydrogens (primary N) is 1. The van der Waals surface area contributed by atoms with E-state index >= 15 is 0 Å². The first-order valence-electron chi connectivity index (χ1n) is 7.96. The molecule has 3 N–H and O–H groups in total. The van der Waals surface area contributed by atoms with Crippen LogP contribution in [0.5, 0.6) is 0 Å². The van der Waals surface area contributed by atoms with Crippen molar-refractivity contribution in [1.82, 2.24) is 5.32 Å². The summed E-state index contributed by atoms with van der Waals surface area (Å²) in [6.45, 7) is 13.0. The highest BCUT2D eigenvalue weighted by molar-refractivity contribution is 7.19. The quantitative estimate of drug-likeness (QED) is 0.465. The summed E-state index contributed by atoms with van der Waals surface area (Å²) in [5.41, 5.74) is 7.76. The molecule has 2 aliphatic carbocycles. The highest BCUT2D eigenvalue weighted by atomic mass is 31.0. The molecule has 5 unspecified atom stereocenters. The van der Waals surface area contributed by atoms with Crippen LogP contribution in [0.1, 0.15) is 40.5 Å². The van der Waals surface area contributed by atoms with Gasteiger partial charge < -0.3 is 11.1 Å². The van der Waals surface area contributed by atoms with Gasteiger partial charge in [-0.3, -0.25) is 0 Å². The highest BCUT2D eigenvalue weighted by Gasteiger charge is 2.60. The van der Waals surface area contributed by atoms with E-state index in [0.29, 0.717) is 11.8 Å². The molecule has 0 heterocycles. The average molecular weight is 293 g/mol. The summed E-state index contributed by atoms with van der Waals surface area (Å²) < 4.78 is 0. The van der Waals surface area contributed by atoms with Crippen molar-refractivity contribution in [2.75, 3.05) is 6.44 Å². The molecular formula is C16H31BN2P. The van der Waals surface area contributed by atoms with Gasteiger partial charge in [-0.25, -0.2) is 0 Å². The largest absolute Gasteiger partial charge is 0.397 e. The molecule has 2 aliphatic rings. The lowest BCUT2D eigenvalue weighted by molar-refractivity contribution is 0.103. The van der Waals surface area contributed by atoms with Crippen molar-refractivity contribution in [2.24, 2.45) is 29.4 Å². The van der Waals surface area contributed by atoms with Crippen LogP contribution in [-0.2, 0) is 0 Å². The van der Waals surface area contributed by atoms with Gasteiger partial charge >= 0.3 is 0 Å². The first kappa shape index (κ1) is 16.4. The molecule has 0 saturated heterocycles. The maximum Gasteiger partial charge on any atom is 0.136 e. The standard InChI is InChI=1S/C16H31BN2P/c1-10(2)19-9-17-8-13-7-12-6-11(3)14(15(12,4)18)16(13,5)20/h11-14,19H,1,6-9,18,20H2,2-5H3/t11?,12?,13-,14?,15?,16+/m0/s1. The lowest BCUT2D eigenvalue weighted by Gasteiger charge is -2.53. The Kier molecular flexibility index (Phi) is 4.62. The molecule has 2 fully saturated rings. The number of hydrogen-bond donors (Lipinski definition) is 2. The molecule has 1 radical (unpaired) electrons. The number of nitrogens with one attached hydrogen (secondary N) is 1. The van der Waals surface area contributed by atoms with E-state index < -0.39 is 0 Å². The minimum absolute atomic E-state index is 0.0162. The normalized spacial score (nSPS) is 47.1. The average Bonchev–Trinajstić information content (AvgIpc) is 2.44. The van der Waals surface area contributed by atoms with Crippen LogP contribution in [0.2, 0.25) is 6.32 Å². The first-order chi connectivity index (χ1) is 9.17. The van der Waals surface area contributed by atoms with Crippen LogP contribution >= 0.6 is 9.24 Å². The van der Waals surface area contributed by atoms with Crippen LogP contribution in [0.25, 0.3) is 0 Å². The van der Waals surface area contributed by atoms with E-state index in [4.69, 9.17) is 5.73 Å². The molecule has 0 amide bonds. The zero-order valence-corrected chi connectivity index (χ0v) is 14.7. The van der Waals surface area contributed by atoms with Crippen molar-refractivity contribution in [3.05, 3.63) is 12.3 Å². The second kappa shape index (κ2) is 5.65. The topological polar surface area (TPSA) is 38.0 Å².